The number of amides is 1. The lowest BCUT2D eigenvalue weighted by Gasteiger charge is -2.18. The monoisotopic (exact) mass is 394 g/mol. The molecular weight excluding hydrogens is 372 g/mol. The van der Waals surface area contributed by atoms with Gasteiger partial charge in [0.2, 0.25) is 0 Å². The number of carbonyl (C=O) groups excluding carboxylic acids is 2. The lowest BCUT2D eigenvalue weighted by molar-refractivity contribution is -0.133. The van der Waals surface area contributed by atoms with Crippen LogP contribution in [-0.2, 0) is 16.1 Å². The van der Waals surface area contributed by atoms with Crippen molar-refractivity contribution in [1.29, 1.82) is 0 Å². The van der Waals surface area contributed by atoms with Crippen LogP contribution in [0.4, 0.5) is 0 Å². The average molecular weight is 394 g/mol. The third-order valence-electron chi connectivity index (χ3n) is 4.39. The zero-order valence-corrected chi connectivity index (χ0v) is 17.0. The van der Waals surface area contributed by atoms with Crippen molar-refractivity contribution in [2.24, 2.45) is 0 Å². The number of esters is 1. The Bertz CT molecular complexity index is 982. The summed E-state index contributed by atoms with van der Waals surface area (Å²) in [5.41, 5.74) is 4.54. The van der Waals surface area contributed by atoms with E-state index in [-0.39, 0.29) is 18.2 Å². The number of hydrogen-bond acceptors (Lipinski definition) is 5. The molecule has 0 atom stereocenters. The maximum Gasteiger partial charge on any atom is 0.358 e. The second-order valence-electron chi connectivity index (χ2n) is 6.66. The first-order chi connectivity index (χ1) is 13.4. The number of benzene rings is 2. The van der Waals surface area contributed by atoms with Gasteiger partial charge in [-0.15, -0.1) is 11.3 Å². The summed E-state index contributed by atoms with van der Waals surface area (Å²) in [7, 11) is 1.70. The lowest BCUT2D eigenvalue weighted by atomic mass is 10.1. The highest BCUT2D eigenvalue weighted by Crippen LogP contribution is 2.23. The van der Waals surface area contributed by atoms with Crippen LogP contribution in [0.2, 0.25) is 0 Å². The first kappa shape index (κ1) is 19.8. The number of rotatable bonds is 6. The summed E-state index contributed by atoms with van der Waals surface area (Å²) in [6.45, 7) is 4.22. The second-order valence-corrected chi connectivity index (χ2v) is 7.52. The van der Waals surface area contributed by atoms with Gasteiger partial charge >= 0.3 is 5.97 Å². The smallest absolute Gasteiger partial charge is 0.358 e. The predicted molar refractivity (Wildman–Crippen MR) is 110 cm³/mol. The Hall–Kier alpha value is -2.99. The van der Waals surface area contributed by atoms with E-state index in [1.807, 2.05) is 56.3 Å². The molecule has 0 aliphatic heterocycles. The van der Waals surface area contributed by atoms with Gasteiger partial charge in [0.25, 0.3) is 5.91 Å². The molecule has 28 heavy (non-hydrogen) atoms. The molecule has 0 unspecified atom stereocenters. The van der Waals surface area contributed by atoms with E-state index >= 15 is 0 Å². The van der Waals surface area contributed by atoms with Gasteiger partial charge in [-0.3, -0.25) is 4.79 Å². The minimum atomic E-state index is -0.591. The maximum atomic E-state index is 12.3. The highest BCUT2D eigenvalue weighted by Gasteiger charge is 2.17. The van der Waals surface area contributed by atoms with E-state index in [1.165, 1.54) is 16.9 Å². The Kier molecular flexibility index (Phi) is 6.21. The van der Waals surface area contributed by atoms with Crippen molar-refractivity contribution in [2.75, 3.05) is 13.7 Å². The van der Waals surface area contributed by atoms with Gasteiger partial charge in [-0.05, 0) is 25.0 Å². The average Bonchev–Trinajstić information content (AvgIpc) is 3.19. The van der Waals surface area contributed by atoms with E-state index in [0.717, 1.165) is 21.7 Å². The van der Waals surface area contributed by atoms with Crippen molar-refractivity contribution in [2.45, 2.75) is 20.4 Å². The van der Waals surface area contributed by atoms with Gasteiger partial charge in [0.05, 0.1) is 0 Å². The molecule has 3 aromatic rings. The third-order valence-corrected chi connectivity index (χ3v) is 5.28. The van der Waals surface area contributed by atoms with Crippen molar-refractivity contribution in [3.8, 4) is 10.6 Å². The molecule has 0 bridgehead atoms. The van der Waals surface area contributed by atoms with E-state index in [9.17, 15) is 9.59 Å². The van der Waals surface area contributed by atoms with Gasteiger partial charge in [0.15, 0.2) is 12.3 Å². The fraction of sp³-hybridized carbons (Fsp3) is 0.227. The summed E-state index contributed by atoms with van der Waals surface area (Å²) in [4.78, 5) is 30.4. The topological polar surface area (TPSA) is 59.5 Å². The maximum absolute atomic E-state index is 12.3. The molecule has 0 radical (unpaired) electrons. The van der Waals surface area contributed by atoms with Crippen LogP contribution in [-0.4, -0.2) is 35.4 Å². The van der Waals surface area contributed by atoms with Crippen LogP contribution in [0.1, 0.15) is 27.2 Å². The van der Waals surface area contributed by atoms with Crippen LogP contribution >= 0.6 is 11.3 Å². The van der Waals surface area contributed by atoms with E-state index in [0.29, 0.717) is 6.54 Å². The SMILES string of the molecule is Cc1ccc(CN(C)C(=O)COC(=O)c2csc(-c3ccccc3)n2)c(C)c1. The molecule has 2 aromatic carbocycles. The Balaban J connectivity index is 1.55. The van der Waals surface area contributed by atoms with Crippen molar-refractivity contribution < 1.29 is 14.3 Å². The standard InChI is InChI=1S/C22H22N2O3S/c1-15-9-10-18(16(2)11-15)12-24(3)20(25)13-27-22(26)19-14-28-21(23-19)17-7-5-4-6-8-17/h4-11,14H,12-13H2,1-3H3. The van der Waals surface area contributed by atoms with Gasteiger partial charge in [-0.2, -0.15) is 0 Å². The molecule has 1 heterocycles. The van der Waals surface area contributed by atoms with E-state index < -0.39 is 5.97 Å². The van der Waals surface area contributed by atoms with Crippen molar-refractivity contribution in [1.82, 2.24) is 9.88 Å². The molecule has 0 aliphatic carbocycles. The fourth-order valence-electron chi connectivity index (χ4n) is 2.76. The fourth-order valence-corrected chi connectivity index (χ4v) is 3.55. The van der Waals surface area contributed by atoms with Crippen LogP contribution < -0.4 is 0 Å². The molecule has 0 saturated heterocycles. The number of carbonyl (C=O) groups is 2. The van der Waals surface area contributed by atoms with E-state index in [1.54, 1.807) is 17.3 Å². The number of aryl methyl sites for hydroxylation is 2. The van der Waals surface area contributed by atoms with Crippen molar-refractivity contribution >= 4 is 23.2 Å². The number of likely N-dealkylation sites (N-methyl/N-ethyl adjacent to an activating group) is 1. The Morgan fingerprint density at radius 3 is 2.57 bits per heavy atom. The summed E-state index contributed by atoms with van der Waals surface area (Å²) < 4.78 is 5.16. The summed E-state index contributed by atoms with van der Waals surface area (Å²) in [6, 6.07) is 15.7. The first-order valence-electron chi connectivity index (χ1n) is 8.92. The molecular formula is C22H22N2O3S. The molecule has 0 saturated carbocycles. The number of ether oxygens (including phenoxy) is 1. The number of nitrogens with zero attached hydrogens (tertiary/aromatic N) is 2. The normalized spacial score (nSPS) is 10.5. The predicted octanol–water partition coefficient (Wildman–Crippen LogP) is 4.24. The molecule has 0 spiro atoms. The molecule has 0 fully saturated rings. The van der Waals surface area contributed by atoms with Gasteiger partial charge < -0.3 is 9.64 Å². The zero-order chi connectivity index (χ0) is 20.1. The van der Waals surface area contributed by atoms with Crippen LogP contribution in [0.5, 0.6) is 0 Å². The zero-order valence-electron chi connectivity index (χ0n) is 16.1. The largest absolute Gasteiger partial charge is 0.451 e. The van der Waals surface area contributed by atoms with Gasteiger partial charge in [0, 0.05) is 24.5 Å². The third kappa shape index (κ3) is 4.84. The van der Waals surface area contributed by atoms with Crippen LogP contribution in [0, 0.1) is 13.8 Å². The van der Waals surface area contributed by atoms with Crippen molar-refractivity contribution in [3.63, 3.8) is 0 Å². The van der Waals surface area contributed by atoms with E-state index in [4.69, 9.17) is 4.74 Å². The number of hydrogen-bond donors (Lipinski definition) is 0. The summed E-state index contributed by atoms with van der Waals surface area (Å²) in [5, 5.41) is 2.39. The minimum absolute atomic E-state index is 0.216. The number of aromatic nitrogens is 1. The molecule has 6 heteroatoms. The molecule has 0 N–H and O–H groups in total. The molecule has 1 amide bonds. The Morgan fingerprint density at radius 2 is 1.86 bits per heavy atom. The molecule has 3 rings (SSSR count). The summed E-state index contributed by atoms with van der Waals surface area (Å²) >= 11 is 1.37. The second kappa shape index (κ2) is 8.80. The Morgan fingerprint density at radius 1 is 1.11 bits per heavy atom. The highest BCUT2D eigenvalue weighted by atomic mass is 32.1. The van der Waals surface area contributed by atoms with Gasteiger partial charge in [-0.1, -0.05) is 54.1 Å². The minimum Gasteiger partial charge on any atom is -0.451 e. The summed E-state index contributed by atoms with van der Waals surface area (Å²) in [6.07, 6.45) is 0. The lowest BCUT2D eigenvalue weighted by Crippen LogP contribution is -2.31. The van der Waals surface area contributed by atoms with Crippen molar-refractivity contribution in [3.05, 3.63) is 76.3 Å². The molecule has 5 nitrogen and oxygen atoms in total. The van der Waals surface area contributed by atoms with Crippen LogP contribution in [0.15, 0.2) is 53.9 Å². The van der Waals surface area contributed by atoms with E-state index in [2.05, 4.69) is 11.1 Å². The molecule has 1 aromatic heterocycles. The number of thiazole rings is 1. The Labute approximate surface area is 168 Å². The summed E-state index contributed by atoms with van der Waals surface area (Å²) in [5.74, 6) is -0.849. The van der Waals surface area contributed by atoms with Gasteiger partial charge in [0.1, 0.15) is 5.01 Å². The van der Waals surface area contributed by atoms with Crippen LogP contribution in [0.25, 0.3) is 10.6 Å². The highest BCUT2D eigenvalue weighted by molar-refractivity contribution is 7.13. The first-order valence-corrected chi connectivity index (χ1v) is 9.80. The van der Waals surface area contributed by atoms with Gasteiger partial charge in [-0.25, -0.2) is 9.78 Å². The molecule has 144 valence electrons. The quantitative estimate of drug-likeness (QED) is 0.587. The van der Waals surface area contributed by atoms with Crippen LogP contribution in [0.3, 0.4) is 0 Å². The molecule has 0 aliphatic rings.